The van der Waals surface area contributed by atoms with Gasteiger partial charge >= 0.3 is 6.18 Å². The largest absolute Gasteiger partial charge is 0.420 e. The fourth-order valence-electron chi connectivity index (χ4n) is 2.32. The van der Waals surface area contributed by atoms with E-state index in [1.165, 1.54) is 6.20 Å². The Kier molecular flexibility index (Phi) is 4.36. The first kappa shape index (κ1) is 17.8. The van der Waals surface area contributed by atoms with Gasteiger partial charge in [-0.2, -0.15) is 13.2 Å². The highest BCUT2D eigenvalue weighted by Gasteiger charge is 2.40. The van der Waals surface area contributed by atoms with Gasteiger partial charge in [-0.1, -0.05) is 0 Å². The summed E-state index contributed by atoms with van der Waals surface area (Å²) >= 11 is 0. The zero-order valence-corrected chi connectivity index (χ0v) is 12.7. The van der Waals surface area contributed by atoms with Crippen LogP contribution in [-0.2, 0) is 0 Å². The number of pyridine rings is 1. The number of carbonyl (C=O) groups is 1. The lowest BCUT2D eigenvalue weighted by molar-refractivity contribution is -0.207. The maximum absolute atomic E-state index is 13.4. The normalized spacial score (nSPS) is 13.0. The van der Waals surface area contributed by atoms with Gasteiger partial charge in [-0.05, 0) is 18.2 Å². The number of nitrogens with zero attached hydrogens (tertiary/aromatic N) is 1. The van der Waals surface area contributed by atoms with Crippen LogP contribution >= 0.6 is 0 Å². The number of aliphatic hydroxyl groups is 1. The maximum atomic E-state index is 13.4. The van der Waals surface area contributed by atoms with Crippen LogP contribution in [0.5, 0.6) is 0 Å². The van der Waals surface area contributed by atoms with Crippen LogP contribution in [0.25, 0.3) is 10.9 Å². The Morgan fingerprint density at radius 2 is 1.88 bits per heavy atom. The molecule has 3 aromatic rings. The Balaban J connectivity index is 1.88. The summed E-state index contributed by atoms with van der Waals surface area (Å²) in [5.41, 5.74) is -0.604. The number of rotatable bonds is 3. The lowest BCUT2D eigenvalue weighted by atomic mass is 10.1. The Hall–Kier alpha value is -3.01. The molecule has 5 nitrogen and oxygen atoms in total. The van der Waals surface area contributed by atoms with E-state index in [-0.39, 0.29) is 22.2 Å². The molecular weight excluding hydrogens is 361 g/mol. The fourth-order valence-corrected chi connectivity index (χ4v) is 2.32. The van der Waals surface area contributed by atoms with Gasteiger partial charge in [0.25, 0.3) is 5.91 Å². The number of carbonyl (C=O) groups excluding carboxylic acids is 1. The number of alkyl halides is 3. The van der Waals surface area contributed by atoms with Crippen LogP contribution in [0, 0.1) is 11.6 Å². The van der Waals surface area contributed by atoms with E-state index in [1.807, 2.05) is 0 Å². The van der Waals surface area contributed by atoms with E-state index in [0.717, 1.165) is 30.5 Å². The molecular formula is C16H10F5N3O2. The van der Waals surface area contributed by atoms with Gasteiger partial charge in [-0.3, -0.25) is 9.78 Å². The molecule has 0 bridgehead atoms. The van der Waals surface area contributed by atoms with E-state index in [0.29, 0.717) is 0 Å². The van der Waals surface area contributed by atoms with Crippen molar-refractivity contribution >= 4 is 22.5 Å². The highest BCUT2D eigenvalue weighted by molar-refractivity contribution is 6.09. The van der Waals surface area contributed by atoms with Gasteiger partial charge in [0, 0.05) is 29.4 Å². The average molecular weight is 371 g/mol. The summed E-state index contributed by atoms with van der Waals surface area (Å²) in [4.78, 5) is 18.3. The fraction of sp³-hybridized carbons (Fsp3) is 0.125. The number of anilines is 1. The molecule has 2 aromatic heterocycles. The predicted molar refractivity (Wildman–Crippen MR) is 81.4 cm³/mol. The van der Waals surface area contributed by atoms with Gasteiger partial charge in [0.05, 0.1) is 16.9 Å². The lowest BCUT2D eigenvalue weighted by Crippen LogP contribution is -2.22. The molecule has 1 aromatic carbocycles. The molecule has 0 aliphatic rings. The number of hydrogen-bond donors (Lipinski definition) is 3. The maximum Gasteiger partial charge on any atom is 0.420 e. The van der Waals surface area contributed by atoms with Crippen molar-refractivity contribution in [3.8, 4) is 0 Å². The SMILES string of the molecule is O=C(Nc1c[nH]c2cc(F)c(F)cc12)c1ccnc(C(O)C(F)(F)F)c1. The second-order valence-electron chi connectivity index (χ2n) is 5.38. The smallest absolute Gasteiger partial charge is 0.378 e. The second kappa shape index (κ2) is 6.37. The zero-order valence-electron chi connectivity index (χ0n) is 12.7. The van der Waals surface area contributed by atoms with Crippen molar-refractivity contribution in [3.63, 3.8) is 0 Å². The van der Waals surface area contributed by atoms with E-state index in [1.54, 1.807) is 0 Å². The Morgan fingerprint density at radius 3 is 2.58 bits per heavy atom. The molecule has 2 heterocycles. The average Bonchev–Trinajstić information content (AvgIpc) is 2.95. The van der Waals surface area contributed by atoms with Crippen LogP contribution in [0.1, 0.15) is 22.2 Å². The monoisotopic (exact) mass is 371 g/mol. The molecule has 0 saturated heterocycles. The molecule has 0 aliphatic heterocycles. The first-order chi connectivity index (χ1) is 12.2. The van der Waals surface area contributed by atoms with Crippen molar-refractivity contribution in [3.05, 3.63) is 59.6 Å². The standard InChI is InChI=1S/C16H10F5N3O2/c17-9-4-8-11(5-10(9)18)23-6-13(8)24-15(26)7-1-2-22-12(3-7)14(25)16(19,20)21/h1-6,14,23,25H,(H,24,26). The number of fused-ring (bicyclic) bond motifs is 1. The van der Waals surface area contributed by atoms with Crippen molar-refractivity contribution in [1.29, 1.82) is 0 Å². The molecule has 1 unspecified atom stereocenters. The molecule has 1 amide bonds. The molecule has 0 spiro atoms. The van der Waals surface area contributed by atoms with Gasteiger partial charge in [-0.25, -0.2) is 8.78 Å². The summed E-state index contributed by atoms with van der Waals surface area (Å²) < 4.78 is 64.2. The van der Waals surface area contributed by atoms with Crippen LogP contribution in [-0.4, -0.2) is 27.2 Å². The highest BCUT2D eigenvalue weighted by atomic mass is 19.4. The van der Waals surface area contributed by atoms with Gasteiger partial charge < -0.3 is 15.4 Å². The quantitative estimate of drug-likeness (QED) is 0.615. The predicted octanol–water partition coefficient (Wildman–Crippen LogP) is 3.69. The first-order valence-corrected chi connectivity index (χ1v) is 7.15. The van der Waals surface area contributed by atoms with E-state index in [9.17, 15) is 31.9 Å². The van der Waals surface area contributed by atoms with Crippen LogP contribution in [0.2, 0.25) is 0 Å². The van der Waals surface area contributed by atoms with Crippen LogP contribution < -0.4 is 5.32 Å². The van der Waals surface area contributed by atoms with Crippen molar-refractivity contribution in [2.24, 2.45) is 0 Å². The number of aromatic nitrogens is 2. The summed E-state index contributed by atoms with van der Waals surface area (Å²) in [5, 5.41) is 11.8. The summed E-state index contributed by atoms with van der Waals surface area (Å²) in [7, 11) is 0. The summed E-state index contributed by atoms with van der Waals surface area (Å²) in [6, 6.07) is 3.73. The Labute approximate surface area is 142 Å². The van der Waals surface area contributed by atoms with Crippen molar-refractivity contribution in [1.82, 2.24) is 9.97 Å². The highest BCUT2D eigenvalue weighted by Crippen LogP contribution is 2.32. The second-order valence-corrected chi connectivity index (χ2v) is 5.38. The third-order valence-electron chi connectivity index (χ3n) is 3.60. The summed E-state index contributed by atoms with van der Waals surface area (Å²) in [5.74, 6) is -3.00. The van der Waals surface area contributed by atoms with Crippen LogP contribution in [0.3, 0.4) is 0 Å². The van der Waals surface area contributed by atoms with E-state index >= 15 is 0 Å². The van der Waals surface area contributed by atoms with Gasteiger partial charge in [0.15, 0.2) is 17.7 Å². The molecule has 1 atom stereocenters. The van der Waals surface area contributed by atoms with Gasteiger partial charge in [0.2, 0.25) is 0 Å². The third-order valence-corrected chi connectivity index (χ3v) is 3.60. The molecule has 10 heteroatoms. The number of aromatic amines is 1. The number of halogens is 5. The number of benzene rings is 1. The van der Waals surface area contributed by atoms with Crippen molar-refractivity contribution < 1.29 is 31.9 Å². The van der Waals surface area contributed by atoms with E-state index < -0.39 is 35.5 Å². The minimum absolute atomic E-state index is 0.110. The lowest BCUT2D eigenvalue weighted by Gasteiger charge is -2.14. The molecule has 0 aliphatic carbocycles. The molecule has 26 heavy (non-hydrogen) atoms. The minimum Gasteiger partial charge on any atom is -0.378 e. The number of H-pyrrole nitrogens is 1. The van der Waals surface area contributed by atoms with Crippen LogP contribution in [0.4, 0.5) is 27.6 Å². The molecule has 3 rings (SSSR count). The van der Waals surface area contributed by atoms with Crippen molar-refractivity contribution in [2.75, 3.05) is 5.32 Å². The van der Waals surface area contributed by atoms with E-state index in [2.05, 4.69) is 15.3 Å². The van der Waals surface area contributed by atoms with Gasteiger partial charge in [-0.15, -0.1) is 0 Å². The van der Waals surface area contributed by atoms with Gasteiger partial charge in [0.1, 0.15) is 0 Å². The number of amides is 1. The minimum atomic E-state index is -4.93. The molecule has 0 radical (unpaired) electrons. The summed E-state index contributed by atoms with van der Waals surface area (Å²) in [6.45, 7) is 0. The number of aliphatic hydroxyl groups excluding tert-OH is 1. The molecule has 0 saturated carbocycles. The van der Waals surface area contributed by atoms with Crippen molar-refractivity contribution in [2.45, 2.75) is 12.3 Å². The zero-order chi connectivity index (χ0) is 19.1. The number of hydrogen-bond acceptors (Lipinski definition) is 3. The molecule has 3 N–H and O–H groups in total. The Bertz CT molecular complexity index is 984. The Morgan fingerprint density at radius 1 is 1.19 bits per heavy atom. The molecule has 136 valence electrons. The number of nitrogens with one attached hydrogen (secondary N) is 2. The third kappa shape index (κ3) is 3.36. The van der Waals surface area contributed by atoms with Crippen LogP contribution in [0.15, 0.2) is 36.7 Å². The first-order valence-electron chi connectivity index (χ1n) is 7.15. The molecule has 0 fully saturated rings. The summed E-state index contributed by atoms with van der Waals surface area (Å²) in [6.07, 6.45) is -5.53. The topological polar surface area (TPSA) is 78.0 Å². The van der Waals surface area contributed by atoms with E-state index in [4.69, 9.17) is 0 Å².